The molecule has 0 spiro atoms. The van der Waals surface area contributed by atoms with Crippen molar-refractivity contribution in [1.82, 2.24) is 19.7 Å². The van der Waals surface area contributed by atoms with Gasteiger partial charge in [-0.2, -0.15) is 5.10 Å². The Hall–Kier alpha value is -2.77. The van der Waals surface area contributed by atoms with Crippen LogP contribution >= 0.6 is 0 Å². The molecule has 2 aromatic heterocycles. The van der Waals surface area contributed by atoms with Gasteiger partial charge in [0.2, 0.25) is 5.91 Å². The van der Waals surface area contributed by atoms with E-state index in [0.717, 1.165) is 72.2 Å². The van der Waals surface area contributed by atoms with Crippen LogP contribution in [0, 0.1) is 0 Å². The van der Waals surface area contributed by atoms with E-state index in [4.69, 9.17) is 9.84 Å². The minimum Gasteiger partial charge on any atom is -0.392 e. The molecule has 1 N–H and O–H groups in total. The molecule has 2 aliphatic rings. The lowest BCUT2D eigenvalue weighted by Gasteiger charge is -2.29. The number of amides is 1. The first kappa shape index (κ1) is 22.4. The van der Waals surface area contributed by atoms with Gasteiger partial charge in [0.05, 0.1) is 18.3 Å². The van der Waals surface area contributed by atoms with Crippen LogP contribution in [0.25, 0.3) is 22.0 Å². The number of benzene rings is 1. The summed E-state index contributed by atoms with van der Waals surface area (Å²) in [5.74, 6) is 0.0903. The number of carbonyl (C=O) groups excluding carboxylic acids is 1. The monoisotopic (exact) mass is 436 g/mol. The molecule has 32 heavy (non-hydrogen) atoms. The molecule has 4 heterocycles. The maximum atomic E-state index is 12.1. The summed E-state index contributed by atoms with van der Waals surface area (Å²) in [5.41, 5.74) is 5.09. The quantitative estimate of drug-likeness (QED) is 0.674. The van der Waals surface area contributed by atoms with Crippen LogP contribution in [-0.2, 0) is 29.1 Å². The van der Waals surface area contributed by atoms with Crippen LogP contribution in [0.4, 0.5) is 0 Å². The van der Waals surface area contributed by atoms with Crippen molar-refractivity contribution in [2.75, 3.05) is 19.8 Å². The van der Waals surface area contributed by atoms with Crippen molar-refractivity contribution in [1.29, 1.82) is 0 Å². The van der Waals surface area contributed by atoms with E-state index < -0.39 is 0 Å². The molecule has 1 saturated heterocycles. The number of ether oxygens (including phenoxy) is 1. The fourth-order valence-corrected chi connectivity index (χ4v) is 4.75. The smallest absolute Gasteiger partial charge is 0.219 e. The van der Waals surface area contributed by atoms with Crippen LogP contribution in [0.1, 0.15) is 56.5 Å². The number of aromatic nitrogens is 3. The van der Waals surface area contributed by atoms with Crippen molar-refractivity contribution < 1.29 is 14.6 Å². The van der Waals surface area contributed by atoms with E-state index in [1.165, 1.54) is 5.69 Å². The van der Waals surface area contributed by atoms with Gasteiger partial charge in [0.25, 0.3) is 0 Å². The zero-order valence-corrected chi connectivity index (χ0v) is 19.2. The lowest BCUT2D eigenvalue weighted by atomic mass is 9.96. The summed E-state index contributed by atoms with van der Waals surface area (Å²) >= 11 is 0. The first-order chi connectivity index (χ1) is 15.7. The van der Waals surface area contributed by atoms with Gasteiger partial charge in [-0.1, -0.05) is 32.0 Å². The number of nitrogens with zero attached hydrogens (tertiary/aromatic N) is 4. The van der Waals surface area contributed by atoms with E-state index in [1.807, 2.05) is 37.1 Å². The van der Waals surface area contributed by atoms with Gasteiger partial charge in [0.15, 0.2) is 0 Å². The van der Waals surface area contributed by atoms with Crippen molar-refractivity contribution in [2.24, 2.45) is 0 Å². The highest BCUT2D eigenvalue weighted by molar-refractivity contribution is 5.97. The maximum Gasteiger partial charge on any atom is 0.219 e. The van der Waals surface area contributed by atoms with Gasteiger partial charge in [-0.3, -0.25) is 14.5 Å². The Labute approximate surface area is 189 Å². The Bertz CT molecular complexity index is 1100. The largest absolute Gasteiger partial charge is 0.392 e. The molecule has 7 heteroatoms. The third-order valence-corrected chi connectivity index (χ3v) is 6.38. The molecule has 0 aliphatic carbocycles. The summed E-state index contributed by atoms with van der Waals surface area (Å²) in [6, 6.07) is 6.40. The zero-order chi connectivity index (χ0) is 22.7. The van der Waals surface area contributed by atoms with Gasteiger partial charge in [0, 0.05) is 79.8 Å². The van der Waals surface area contributed by atoms with Crippen LogP contribution in [0.15, 0.2) is 30.6 Å². The molecule has 0 bridgehead atoms. The molecule has 0 saturated carbocycles. The minimum atomic E-state index is -0.0550. The van der Waals surface area contributed by atoms with Gasteiger partial charge in [0.1, 0.15) is 0 Å². The fraction of sp³-hybridized carbons (Fsp3) is 0.480. The molecule has 2 aliphatic heterocycles. The molecule has 1 fully saturated rings. The van der Waals surface area contributed by atoms with E-state index in [2.05, 4.69) is 15.7 Å². The van der Waals surface area contributed by atoms with Crippen molar-refractivity contribution in [2.45, 2.75) is 59.2 Å². The number of fused-ring (bicyclic) bond motifs is 2. The van der Waals surface area contributed by atoms with Crippen LogP contribution in [0.3, 0.4) is 0 Å². The van der Waals surface area contributed by atoms with Gasteiger partial charge in [-0.05, 0) is 18.2 Å². The lowest BCUT2D eigenvalue weighted by molar-refractivity contribution is -0.129. The molecule has 0 radical (unpaired) electrons. The Balaban J connectivity index is 0.00000119. The number of hydrogen-bond acceptors (Lipinski definition) is 5. The Morgan fingerprint density at radius 2 is 1.97 bits per heavy atom. The summed E-state index contributed by atoms with van der Waals surface area (Å²) in [6.45, 7) is 8.39. The molecular weight excluding hydrogens is 404 g/mol. The first-order valence-corrected chi connectivity index (χ1v) is 11.6. The molecule has 0 atom stereocenters. The van der Waals surface area contributed by atoms with Crippen LogP contribution in [-0.4, -0.2) is 50.4 Å². The van der Waals surface area contributed by atoms with E-state index in [-0.39, 0.29) is 12.5 Å². The number of aliphatic hydroxyl groups excluding tert-OH is 1. The van der Waals surface area contributed by atoms with Crippen LogP contribution in [0.5, 0.6) is 0 Å². The normalized spacial score (nSPS) is 16.4. The molecule has 5 rings (SSSR count). The average molecular weight is 437 g/mol. The predicted octanol–water partition coefficient (Wildman–Crippen LogP) is 3.87. The molecule has 1 aromatic carbocycles. The Morgan fingerprint density at radius 1 is 1.19 bits per heavy atom. The van der Waals surface area contributed by atoms with Crippen molar-refractivity contribution >= 4 is 16.7 Å². The number of pyridine rings is 1. The van der Waals surface area contributed by atoms with Gasteiger partial charge in [-0.25, -0.2) is 0 Å². The number of rotatable bonds is 3. The second kappa shape index (κ2) is 9.79. The molecule has 170 valence electrons. The molecule has 0 unspecified atom stereocenters. The third-order valence-electron chi connectivity index (χ3n) is 6.38. The number of aliphatic hydroxyl groups is 1. The average Bonchev–Trinajstić information content (AvgIpc) is 3.23. The van der Waals surface area contributed by atoms with Crippen molar-refractivity contribution in [3.05, 3.63) is 47.4 Å². The molecule has 7 nitrogen and oxygen atoms in total. The summed E-state index contributed by atoms with van der Waals surface area (Å²) in [4.78, 5) is 18.3. The molecular formula is C25H32N4O3. The Morgan fingerprint density at radius 3 is 2.69 bits per heavy atom. The summed E-state index contributed by atoms with van der Waals surface area (Å²) in [5, 5.41) is 16.8. The second-order valence-corrected chi connectivity index (χ2v) is 8.11. The SMILES string of the molecule is CC.CC(=O)N1CCc2c(c(-c3cccc4c(CO)cncc34)nn2C2CCOCC2)C1. The van der Waals surface area contributed by atoms with Gasteiger partial charge < -0.3 is 14.7 Å². The van der Waals surface area contributed by atoms with Crippen LogP contribution in [0.2, 0.25) is 0 Å². The van der Waals surface area contributed by atoms with Crippen molar-refractivity contribution in [3.8, 4) is 11.3 Å². The van der Waals surface area contributed by atoms with E-state index in [1.54, 1.807) is 13.1 Å². The summed E-state index contributed by atoms with van der Waals surface area (Å²) in [7, 11) is 0. The second-order valence-electron chi connectivity index (χ2n) is 8.11. The van der Waals surface area contributed by atoms with E-state index >= 15 is 0 Å². The predicted molar refractivity (Wildman–Crippen MR) is 124 cm³/mol. The minimum absolute atomic E-state index is 0.0550. The lowest BCUT2D eigenvalue weighted by Crippen LogP contribution is -2.35. The molecule has 1 amide bonds. The highest BCUT2D eigenvalue weighted by Crippen LogP contribution is 2.37. The van der Waals surface area contributed by atoms with Gasteiger partial charge >= 0.3 is 0 Å². The summed E-state index contributed by atoms with van der Waals surface area (Å²) < 4.78 is 7.76. The third kappa shape index (κ3) is 4.02. The topological polar surface area (TPSA) is 80.5 Å². The van der Waals surface area contributed by atoms with E-state index in [9.17, 15) is 9.90 Å². The number of carbonyl (C=O) groups is 1. The summed E-state index contributed by atoms with van der Waals surface area (Å²) in [6.07, 6.45) is 6.27. The highest BCUT2D eigenvalue weighted by Gasteiger charge is 2.30. The highest BCUT2D eigenvalue weighted by atomic mass is 16.5. The van der Waals surface area contributed by atoms with Gasteiger partial charge in [-0.15, -0.1) is 0 Å². The fourth-order valence-electron chi connectivity index (χ4n) is 4.75. The van der Waals surface area contributed by atoms with Crippen molar-refractivity contribution in [3.63, 3.8) is 0 Å². The first-order valence-electron chi connectivity index (χ1n) is 11.6. The number of hydrogen-bond donors (Lipinski definition) is 1. The van der Waals surface area contributed by atoms with Crippen LogP contribution < -0.4 is 0 Å². The standard InChI is InChI=1S/C23H26N4O3.C2H6/c1-15(29)26-8-5-22-21(13-26)23(25-27(22)17-6-9-30-10-7-17)19-4-2-3-18-16(14-28)11-24-12-20(18)19;1-2/h2-4,11-12,17,28H,5-10,13-14H2,1H3;1-2H3. The molecule has 3 aromatic rings. The zero-order valence-electron chi connectivity index (χ0n) is 19.2. The van der Waals surface area contributed by atoms with E-state index in [0.29, 0.717) is 12.6 Å². The maximum absolute atomic E-state index is 12.1. The Kier molecular flexibility index (Phi) is 6.86.